The smallest absolute Gasteiger partial charge is 0.137 e. The first kappa shape index (κ1) is 26.4. The minimum atomic E-state index is 0.716. The van der Waals surface area contributed by atoms with Crippen LogP contribution in [-0.4, -0.2) is 24.8 Å². The van der Waals surface area contributed by atoms with Crippen molar-refractivity contribution in [3.05, 3.63) is 48.2 Å². The lowest BCUT2D eigenvalue weighted by molar-refractivity contribution is 0.122. The van der Waals surface area contributed by atoms with E-state index >= 15 is 0 Å². The molecule has 178 valence electrons. The van der Waals surface area contributed by atoms with Gasteiger partial charge in [0.2, 0.25) is 0 Å². The van der Waals surface area contributed by atoms with Gasteiger partial charge in [0.1, 0.15) is 5.75 Å². The first-order chi connectivity index (χ1) is 15.8. The lowest BCUT2D eigenvalue weighted by Gasteiger charge is -2.08. The van der Waals surface area contributed by atoms with Crippen molar-refractivity contribution in [1.82, 2.24) is 4.98 Å². The van der Waals surface area contributed by atoms with E-state index in [9.17, 15) is 0 Å². The summed E-state index contributed by atoms with van der Waals surface area (Å²) >= 11 is 0. The highest BCUT2D eigenvalue weighted by atomic mass is 16.5. The zero-order chi connectivity index (χ0) is 22.7. The fourth-order valence-corrected chi connectivity index (χ4v) is 3.82. The second kappa shape index (κ2) is 17.7. The maximum absolute atomic E-state index is 5.84. The highest BCUT2D eigenvalue weighted by Crippen LogP contribution is 2.21. The Kier molecular flexibility index (Phi) is 14.6. The highest BCUT2D eigenvalue weighted by Gasteiger charge is 2.02. The minimum absolute atomic E-state index is 0.716. The summed E-state index contributed by atoms with van der Waals surface area (Å²) in [6, 6.07) is 13.0. The SMILES string of the molecule is CCCCCCCCc1ccc(-c2ccc(OCCCCOCCCCCC)cn2)cc1. The van der Waals surface area contributed by atoms with E-state index in [-0.39, 0.29) is 0 Å². The summed E-state index contributed by atoms with van der Waals surface area (Å²) in [7, 11) is 0. The van der Waals surface area contributed by atoms with Gasteiger partial charge >= 0.3 is 0 Å². The number of benzene rings is 1. The predicted molar refractivity (Wildman–Crippen MR) is 136 cm³/mol. The largest absolute Gasteiger partial charge is 0.492 e. The lowest BCUT2D eigenvalue weighted by Crippen LogP contribution is -2.02. The second-order valence-electron chi connectivity index (χ2n) is 8.82. The van der Waals surface area contributed by atoms with Crippen LogP contribution in [0.1, 0.15) is 96.5 Å². The zero-order valence-corrected chi connectivity index (χ0v) is 20.6. The molecule has 0 aliphatic rings. The normalized spacial score (nSPS) is 11.1. The number of hydrogen-bond donors (Lipinski definition) is 0. The minimum Gasteiger partial charge on any atom is -0.492 e. The summed E-state index contributed by atoms with van der Waals surface area (Å²) in [5.41, 5.74) is 3.59. The van der Waals surface area contributed by atoms with E-state index in [2.05, 4.69) is 49.2 Å². The molecule has 1 aromatic heterocycles. The van der Waals surface area contributed by atoms with Gasteiger partial charge in [-0.1, -0.05) is 89.5 Å². The van der Waals surface area contributed by atoms with E-state index < -0.39 is 0 Å². The van der Waals surface area contributed by atoms with Crippen molar-refractivity contribution in [2.24, 2.45) is 0 Å². The average Bonchev–Trinajstić information content (AvgIpc) is 2.83. The van der Waals surface area contributed by atoms with Gasteiger partial charge in [0.15, 0.2) is 0 Å². The van der Waals surface area contributed by atoms with Crippen LogP contribution in [-0.2, 0) is 11.2 Å². The first-order valence-corrected chi connectivity index (χ1v) is 13.1. The Balaban J connectivity index is 1.59. The maximum Gasteiger partial charge on any atom is 0.137 e. The van der Waals surface area contributed by atoms with Gasteiger partial charge < -0.3 is 9.47 Å². The average molecular weight is 440 g/mol. The van der Waals surface area contributed by atoms with Crippen molar-refractivity contribution < 1.29 is 9.47 Å². The molecule has 2 rings (SSSR count). The molecule has 0 aliphatic carbocycles. The topological polar surface area (TPSA) is 31.4 Å². The molecule has 0 saturated carbocycles. The van der Waals surface area contributed by atoms with Gasteiger partial charge in [-0.2, -0.15) is 0 Å². The van der Waals surface area contributed by atoms with Crippen molar-refractivity contribution in [3.63, 3.8) is 0 Å². The van der Waals surface area contributed by atoms with Crippen LogP contribution in [0.15, 0.2) is 42.6 Å². The molecule has 3 nitrogen and oxygen atoms in total. The van der Waals surface area contributed by atoms with Crippen LogP contribution in [0.5, 0.6) is 5.75 Å². The Bertz CT molecular complexity index is 681. The third kappa shape index (κ3) is 11.7. The van der Waals surface area contributed by atoms with Crippen molar-refractivity contribution in [2.75, 3.05) is 19.8 Å². The van der Waals surface area contributed by atoms with Gasteiger partial charge in [0.25, 0.3) is 0 Å². The monoisotopic (exact) mass is 439 g/mol. The molecule has 0 aliphatic heterocycles. The molecule has 0 unspecified atom stereocenters. The molecule has 0 saturated heterocycles. The van der Waals surface area contributed by atoms with Crippen LogP contribution in [0.4, 0.5) is 0 Å². The molecule has 32 heavy (non-hydrogen) atoms. The fourth-order valence-electron chi connectivity index (χ4n) is 3.82. The van der Waals surface area contributed by atoms with Crippen molar-refractivity contribution in [1.29, 1.82) is 0 Å². The third-order valence-electron chi connectivity index (χ3n) is 5.90. The van der Waals surface area contributed by atoms with E-state index in [4.69, 9.17) is 9.47 Å². The van der Waals surface area contributed by atoms with Crippen LogP contribution in [0.2, 0.25) is 0 Å². The summed E-state index contributed by atoms with van der Waals surface area (Å²) in [6.45, 7) is 6.95. The molecule has 0 fully saturated rings. The lowest BCUT2D eigenvalue weighted by atomic mass is 10.0. The molecule has 1 aromatic carbocycles. The van der Waals surface area contributed by atoms with Gasteiger partial charge in [-0.15, -0.1) is 0 Å². The van der Waals surface area contributed by atoms with Crippen LogP contribution in [0.3, 0.4) is 0 Å². The van der Waals surface area contributed by atoms with Gasteiger partial charge in [0.05, 0.1) is 18.5 Å². The molecule has 0 bridgehead atoms. The Morgan fingerprint density at radius 2 is 1.25 bits per heavy atom. The zero-order valence-electron chi connectivity index (χ0n) is 20.6. The number of hydrogen-bond acceptors (Lipinski definition) is 3. The Hall–Kier alpha value is -1.87. The summed E-state index contributed by atoms with van der Waals surface area (Å²) < 4.78 is 11.5. The van der Waals surface area contributed by atoms with Crippen LogP contribution in [0, 0.1) is 0 Å². The van der Waals surface area contributed by atoms with E-state index in [1.54, 1.807) is 0 Å². The maximum atomic E-state index is 5.84. The van der Waals surface area contributed by atoms with Gasteiger partial charge in [-0.3, -0.25) is 4.98 Å². The molecular formula is C29H45NO2. The summed E-state index contributed by atoms with van der Waals surface area (Å²) in [5.74, 6) is 0.842. The number of unbranched alkanes of at least 4 members (excludes halogenated alkanes) is 9. The van der Waals surface area contributed by atoms with Crippen molar-refractivity contribution >= 4 is 0 Å². The van der Waals surface area contributed by atoms with E-state index in [0.717, 1.165) is 37.5 Å². The predicted octanol–water partition coefficient (Wildman–Crippen LogP) is 8.41. The first-order valence-electron chi connectivity index (χ1n) is 13.1. The number of rotatable bonds is 19. The van der Waals surface area contributed by atoms with Crippen molar-refractivity contribution in [3.8, 4) is 17.0 Å². The molecule has 3 heteroatoms. The standard InChI is InChI=1S/C29H45NO2/c1-3-5-7-9-10-11-15-26-16-18-27(19-17-26)29-21-20-28(25-30-29)32-24-14-13-23-31-22-12-8-6-4-2/h16-21,25H,3-15,22-24H2,1-2H3. The Morgan fingerprint density at radius 3 is 1.94 bits per heavy atom. The summed E-state index contributed by atoms with van der Waals surface area (Å²) in [4.78, 5) is 4.60. The number of aryl methyl sites for hydroxylation is 1. The molecule has 0 atom stereocenters. The highest BCUT2D eigenvalue weighted by molar-refractivity contribution is 5.59. The molecule has 0 N–H and O–H groups in total. The molecule has 0 spiro atoms. The fraction of sp³-hybridized carbons (Fsp3) is 0.621. The van der Waals surface area contributed by atoms with Crippen molar-refractivity contribution in [2.45, 2.75) is 97.3 Å². The van der Waals surface area contributed by atoms with Gasteiger partial charge in [-0.25, -0.2) is 0 Å². The third-order valence-corrected chi connectivity index (χ3v) is 5.90. The van der Waals surface area contributed by atoms with Gasteiger partial charge in [0, 0.05) is 18.8 Å². The number of pyridine rings is 1. The summed E-state index contributed by atoms with van der Waals surface area (Å²) in [6.07, 6.45) is 18.2. The quantitative estimate of drug-likeness (QED) is 0.206. The van der Waals surface area contributed by atoms with Crippen LogP contribution >= 0.6 is 0 Å². The molecule has 1 heterocycles. The van der Waals surface area contributed by atoms with Crippen LogP contribution in [0.25, 0.3) is 11.3 Å². The number of ether oxygens (including phenoxy) is 2. The van der Waals surface area contributed by atoms with E-state index in [1.165, 1.54) is 81.8 Å². The van der Waals surface area contributed by atoms with E-state index in [1.807, 2.05) is 12.3 Å². The Labute approximate surface area is 197 Å². The molecule has 0 radical (unpaired) electrons. The second-order valence-corrected chi connectivity index (χ2v) is 8.82. The van der Waals surface area contributed by atoms with Crippen LogP contribution < -0.4 is 4.74 Å². The summed E-state index contributed by atoms with van der Waals surface area (Å²) in [5, 5.41) is 0. The Morgan fingerprint density at radius 1 is 0.625 bits per heavy atom. The number of aromatic nitrogens is 1. The van der Waals surface area contributed by atoms with E-state index in [0.29, 0.717) is 6.61 Å². The number of nitrogens with zero attached hydrogens (tertiary/aromatic N) is 1. The molecule has 0 amide bonds. The molecule has 2 aromatic rings. The molecular weight excluding hydrogens is 394 g/mol. The van der Waals surface area contributed by atoms with Gasteiger partial charge in [-0.05, 0) is 49.8 Å².